The van der Waals surface area contributed by atoms with Crippen LogP contribution in [0.1, 0.15) is 22.8 Å². The van der Waals surface area contributed by atoms with Gasteiger partial charge in [0.2, 0.25) is 11.8 Å². The van der Waals surface area contributed by atoms with Gasteiger partial charge in [-0.3, -0.25) is 24.1 Å². The number of hydrogen-bond acceptors (Lipinski definition) is 10. The lowest BCUT2D eigenvalue weighted by molar-refractivity contribution is -0.123. The van der Waals surface area contributed by atoms with Crippen LogP contribution < -0.4 is 29.3 Å². The number of amides is 3. The van der Waals surface area contributed by atoms with E-state index in [-0.39, 0.29) is 63.9 Å². The molecule has 3 aromatic carbocycles. The number of fused-ring (bicyclic) bond motifs is 9. The molecule has 3 heterocycles. The summed E-state index contributed by atoms with van der Waals surface area (Å²) in [7, 11) is 3.10. The first-order chi connectivity index (χ1) is 23.2. The number of thioether (sulfide) groups is 1. The predicted molar refractivity (Wildman–Crippen MR) is 179 cm³/mol. The number of phenolic OH excluding ortho intramolecular Hbond substituents is 1. The van der Waals surface area contributed by atoms with E-state index in [2.05, 4.69) is 10.3 Å². The number of anilines is 2. The average Bonchev–Trinajstić information content (AvgIpc) is 3.83. The second-order valence-electron chi connectivity index (χ2n) is 12.5. The number of carbonyl (C=O) groups excluding carboxylic acids is 3. The Hall–Kier alpha value is -4.75. The van der Waals surface area contributed by atoms with Crippen LogP contribution in [0.3, 0.4) is 0 Å². The number of aromatic hydroxyl groups is 1. The number of carbonyl (C=O) groups is 3. The number of nitrogens with zero attached hydrogens (tertiary/aromatic N) is 1. The van der Waals surface area contributed by atoms with E-state index in [1.165, 1.54) is 35.5 Å². The smallest absolute Gasteiger partial charge is 0.305 e. The summed E-state index contributed by atoms with van der Waals surface area (Å²) in [6.45, 7) is -0.265. The minimum absolute atomic E-state index is 0.00894. The Morgan fingerprint density at radius 3 is 2.38 bits per heavy atom. The molecule has 7 atom stereocenters. The number of aromatic amines is 1. The molecule has 11 nitrogen and oxygen atoms in total. The van der Waals surface area contributed by atoms with Crippen LogP contribution in [-0.4, -0.2) is 53.9 Å². The van der Waals surface area contributed by atoms with Crippen LogP contribution in [0.2, 0.25) is 0 Å². The summed E-state index contributed by atoms with van der Waals surface area (Å²) in [5.41, 5.74) is 1.98. The molecule has 3 fully saturated rings. The maximum atomic E-state index is 14.0. The summed E-state index contributed by atoms with van der Waals surface area (Å²) in [6.07, 6.45) is 0.774. The molecule has 48 heavy (non-hydrogen) atoms. The van der Waals surface area contributed by atoms with E-state index in [1.807, 2.05) is 12.1 Å². The molecule has 0 unspecified atom stereocenters. The molecule has 3 amide bonds. The van der Waals surface area contributed by atoms with Gasteiger partial charge in [-0.2, -0.15) is 0 Å². The van der Waals surface area contributed by atoms with Crippen molar-refractivity contribution in [3.05, 3.63) is 86.8 Å². The van der Waals surface area contributed by atoms with Crippen molar-refractivity contribution in [3.8, 4) is 23.0 Å². The Labute approximate surface area is 283 Å². The third-order valence-corrected chi connectivity index (χ3v) is 12.7. The van der Waals surface area contributed by atoms with Gasteiger partial charge in [-0.25, -0.2) is 0 Å². The van der Waals surface area contributed by atoms with E-state index in [0.717, 1.165) is 21.9 Å². The van der Waals surface area contributed by atoms with E-state index >= 15 is 0 Å². The SMILES string of the molecule is COc1ccc(N2C(=O)[C@H]3[C@H]4C[C@@H]([C@@H]3C2=O)[C@@H]2[C@H](c3ccc(OCC(=O)Nc5ccc(O)cc5)c(OC)c3)c3sc(=O)[nH]c3S[C@H]42)cc1. The highest BCUT2D eigenvalue weighted by Crippen LogP contribution is 2.68. The topological polar surface area (TPSA) is 147 Å². The molecule has 2 saturated carbocycles. The van der Waals surface area contributed by atoms with Gasteiger partial charge in [0, 0.05) is 21.7 Å². The molecule has 1 aromatic heterocycles. The number of methoxy groups -OCH3 is 2. The number of ether oxygens (including phenoxy) is 3. The van der Waals surface area contributed by atoms with Crippen molar-refractivity contribution in [1.29, 1.82) is 0 Å². The number of benzene rings is 3. The van der Waals surface area contributed by atoms with Crippen LogP contribution in [-0.2, 0) is 14.4 Å². The Morgan fingerprint density at radius 1 is 0.938 bits per heavy atom. The minimum Gasteiger partial charge on any atom is -0.508 e. The van der Waals surface area contributed by atoms with Crippen LogP contribution >= 0.6 is 23.1 Å². The maximum Gasteiger partial charge on any atom is 0.305 e. The molecular formula is C35H31N3O8S2. The Balaban J connectivity index is 1.08. The number of rotatable bonds is 8. The van der Waals surface area contributed by atoms with Crippen molar-refractivity contribution in [2.24, 2.45) is 29.6 Å². The Morgan fingerprint density at radius 2 is 1.67 bits per heavy atom. The molecule has 2 bridgehead atoms. The number of thiazole rings is 1. The number of nitrogens with one attached hydrogen (secondary N) is 2. The molecule has 3 N–H and O–H groups in total. The van der Waals surface area contributed by atoms with Gasteiger partial charge < -0.3 is 29.6 Å². The Bertz CT molecular complexity index is 1990. The summed E-state index contributed by atoms with van der Waals surface area (Å²) in [5.74, 6) is -0.205. The predicted octanol–water partition coefficient (Wildman–Crippen LogP) is 4.85. The maximum absolute atomic E-state index is 14.0. The highest BCUT2D eigenvalue weighted by Gasteiger charge is 2.69. The molecule has 0 spiro atoms. The fraction of sp³-hybridized carbons (Fsp3) is 0.314. The van der Waals surface area contributed by atoms with Gasteiger partial charge in [0.05, 0.1) is 36.8 Å². The van der Waals surface area contributed by atoms with Crippen molar-refractivity contribution >= 4 is 52.2 Å². The quantitative estimate of drug-likeness (QED) is 0.175. The van der Waals surface area contributed by atoms with E-state index in [9.17, 15) is 24.3 Å². The van der Waals surface area contributed by atoms with Crippen molar-refractivity contribution in [1.82, 2.24) is 4.98 Å². The normalized spacial score (nSPS) is 26.5. The highest BCUT2D eigenvalue weighted by molar-refractivity contribution is 8.00. The summed E-state index contributed by atoms with van der Waals surface area (Å²) in [4.78, 5) is 58.4. The lowest BCUT2D eigenvalue weighted by Crippen LogP contribution is -2.42. The van der Waals surface area contributed by atoms with Crippen LogP contribution in [0.15, 0.2) is 76.6 Å². The van der Waals surface area contributed by atoms with Crippen LogP contribution in [0.4, 0.5) is 11.4 Å². The first-order valence-electron chi connectivity index (χ1n) is 15.6. The molecule has 2 aliphatic heterocycles. The van der Waals surface area contributed by atoms with E-state index in [0.29, 0.717) is 28.6 Å². The van der Waals surface area contributed by atoms with E-state index in [4.69, 9.17) is 14.2 Å². The molecular weight excluding hydrogens is 655 g/mol. The summed E-state index contributed by atoms with van der Waals surface area (Å²) in [6, 6.07) is 18.7. The molecule has 2 aliphatic carbocycles. The third kappa shape index (κ3) is 4.86. The zero-order valence-corrected chi connectivity index (χ0v) is 27.5. The van der Waals surface area contributed by atoms with Crippen LogP contribution in [0.25, 0.3) is 0 Å². The van der Waals surface area contributed by atoms with Crippen LogP contribution in [0.5, 0.6) is 23.0 Å². The lowest BCUT2D eigenvalue weighted by atomic mass is 9.68. The van der Waals surface area contributed by atoms with Crippen molar-refractivity contribution in [2.75, 3.05) is 31.0 Å². The zero-order valence-electron chi connectivity index (χ0n) is 25.9. The molecule has 4 aliphatic rings. The van der Waals surface area contributed by atoms with Gasteiger partial charge in [-0.05, 0) is 90.4 Å². The lowest BCUT2D eigenvalue weighted by Gasteiger charge is -2.43. The largest absolute Gasteiger partial charge is 0.508 e. The van der Waals surface area contributed by atoms with Crippen molar-refractivity contribution in [2.45, 2.75) is 22.6 Å². The second kappa shape index (κ2) is 11.7. The van der Waals surface area contributed by atoms with Gasteiger partial charge in [0.1, 0.15) is 11.5 Å². The van der Waals surface area contributed by atoms with E-state index < -0.39 is 11.8 Å². The number of hydrogen-bond donors (Lipinski definition) is 3. The van der Waals surface area contributed by atoms with Gasteiger partial charge in [-0.15, -0.1) is 11.8 Å². The fourth-order valence-electron chi connectivity index (χ4n) is 8.26. The summed E-state index contributed by atoms with van der Waals surface area (Å²) < 4.78 is 16.8. The van der Waals surface area contributed by atoms with Crippen LogP contribution in [0, 0.1) is 29.6 Å². The number of aromatic nitrogens is 1. The average molecular weight is 686 g/mol. The third-order valence-electron chi connectivity index (χ3n) is 10.1. The molecule has 1 saturated heterocycles. The standard InChI is InChI=1S/C35H31N3O8S2/c1-44-20-10-6-18(7-11-20)38-33(41)28-21-14-22(29(28)34(38)42)30-27(21)26(31-32(47-30)37-35(43)48-31)16-3-12-23(24(13-16)45-2)46-15-25(40)36-17-4-8-19(39)9-5-17/h3-13,21-22,26-30,39H,14-15H2,1-2H3,(H,36,40)(H,37,43)/t21-,22-,26+,27-,28+,29+,30-/m1/s1. The first kappa shape index (κ1) is 30.6. The van der Waals surface area contributed by atoms with E-state index in [1.54, 1.807) is 61.3 Å². The van der Waals surface area contributed by atoms with Gasteiger partial charge >= 0.3 is 4.87 Å². The molecule has 8 rings (SSSR count). The van der Waals surface area contributed by atoms with Gasteiger partial charge in [-0.1, -0.05) is 17.4 Å². The van der Waals surface area contributed by atoms with Crippen molar-refractivity contribution < 1.29 is 33.7 Å². The number of phenols is 1. The molecule has 246 valence electrons. The van der Waals surface area contributed by atoms with Gasteiger partial charge in [0.25, 0.3) is 5.91 Å². The van der Waals surface area contributed by atoms with Gasteiger partial charge in [0.15, 0.2) is 18.1 Å². The molecule has 13 heteroatoms. The summed E-state index contributed by atoms with van der Waals surface area (Å²) >= 11 is 2.82. The molecule has 0 radical (unpaired) electrons. The highest BCUT2D eigenvalue weighted by atomic mass is 32.2. The summed E-state index contributed by atoms with van der Waals surface area (Å²) in [5, 5.41) is 13.1. The first-order valence-corrected chi connectivity index (χ1v) is 17.3. The molecule has 4 aromatic rings. The minimum atomic E-state index is -0.428. The van der Waals surface area contributed by atoms with Crippen molar-refractivity contribution in [3.63, 3.8) is 0 Å². The Kier molecular flexibility index (Phi) is 7.48. The second-order valence-corrected chi connectivity index (χ2v) is 14.7. The number of imide groups is 1. The zero-order chi connectivity index (χ0) is 33.3. The number of H-pyrrole nitrogens is 1. The fourth-order valence-corrected chi connectivity index (χ4v) is 11.1. The monoisotopic (exact) mass is 685 g/mol.